The summed E-state index contributed by atoms with van der Waals surface area (Å²) in [5.41, 5.74) is 0.697. The first-order valence-electron chi connectivity index (χ1n) is 9.94. The van der Waals surface area contributed by atoms with Gasteiger partial charge in [-0.25, -0.2) is 9.97 Å². The summed E-state index contributed by atoms with van der Waals surface area (Å²) in [4.78, 5) is 41.1. The minimum absolute atomic E-state index is 0.0717. The number of aryl methyl sites for hydroxylation is 1. The van der Waals surface area contributed by atoms with Gasteiger partial charge in [-0.1, -0.05) is 0 Å². The summed E-state index contributed by atoms with van der Waals surface area (Å²) in [6.07, 6.45) is 5.36. The molecule has 29 heavy (non-hydrogen) atoms. The van der Waals surface area contributed by atoms with Crippen molar-refractivity contribution in [3.8, 4) is 0 Å². The van der Waals surface area contributed by atoms with E-state index in [1.165, 1.54) is 16.7 Å². The van der Waals surface area contributed by atoms with Gasteiger partial charge in [0.15, 0.2) is 0 Å². The number of anilines is 1. The number of imide groups is 1. The molecule has 0 radical (unpaired) electrons. The van der Waals surface area contributed by atoms with Crippen molar-refractivity contribution in [2.24, 2.45) is 0 Å². The van der Waals surface area contributed by atoms with Crippen molar-refractivity contribution in [3.63, 3.8) is 0 Å². The highest BCUT2D eigenvalue weighted by Gasteiger charge is 2.30. The molecule has 2 aliphatic rings. The third kappa shape index (κ3) is 4.79. The zero-order chi connectivity index (χ0) is 20.2. The number of carbonyl (C=O) groups is 2. The molecule has 0 unspecified atom stereocenters. The molecule has 0 aromatic carbocycles. The van der Waals surface area contributed by atoms with Crippen LogP contribution >= 0.6 is 23.1 Å². The first-order chi connectivity index (χ1) is 14.1. The summed E-state index contributed by atoms with van der Waals surface area (Å²) in [6, 6.07) is 3.75. The topological polar surface area (TPSA) is 69.6 Å². The van der Waals surface area contributed by atoms with Crippen molar-refractivity contribution in [1.29, 1.82) is 0 Å². The number of nitrogens with zero attached hydrogens (tertiary/aromatic N) is 5. The highest BCUT2D eigenvalue weighted by Crippen LogP contribution is 2.35. The summed E-state index contributed by atoms with van der Waals surface area (Å²) in [5, 5.41) is 0. The second-order valence-corrected chi connectivity index (χ2v) is 9.78. The zero-order valence-electron chi connectivity index (χ0n) is 16.5. The van der Waals surface area contributed by atoms with Crippen molar-refractivity contribution in [2.75, 3.05) is 49.9 Å². The van der Waals surface area contributed by atoms with Crippen LogP contribution in [-0.2, 0) is 4.79 Å². The SMILES string of the molecule is Cc1cc2c(s1)SCC(=O)N(CCCCN1CCN(c3ncccn3)CC1)C2=O. The molecule has 2 aromatic heterocycles. The number of carbonyl (C=O) groups excluding carboxylic acids is 2. The number of hydrogen-bond acceptors (Lipinski definition) is 8. The van der Waals surface area contributed by atoms with Gasteiger partial charge in [0.1, 0.15) is 0 Å². The molecule has 1 saturated heterocycles. The van der Waals surface area contributed by atoms with E-state index in [0.717, 1.165) is 60.6 Å². The monoisotopic (exact) mass is 431 g/mol. The Morgan fingerprint density at radius 1 is 1.03 bits per heavy atom. The Kier molecular flexibility index (Phi) is 6.46. The fourth-order valence-corrected chi connectivity index (χ4v) is 5.91. The second-order valence-electron chi connectivity index (χ2n) is 7.28. The Morgan fingerprint density at radius 2 is 1.76 bits per heavy atom. The summed E-state index contributed by atoms with van der Waals surface area (Å²) in [7, 11) is 0. The van der Waals surface area contributed by atoms with Crippen LogP contribution in [0.2, 0.25) is 0 Å². The molecular formula is C20H25N5O2S2. The Bertz CT molecular complexity index is 865. The Morgan fingerprint density at radius 3 is 2.52 bits per heavy atom. The van der Waals surface area contributed by atoms with Gasteiger partial charge < -0.3 is 4.90 Å². The van der Waals surface area contributed by atoms with Gasteiger partial charge in [0.25, 0.3) is 5.91 Å². The van der Waals surface area contributed by atoms with Gasteiger partial charge in [-0.2, -0.15) is 0 Å². The summed E-state index contributed by atoms with van der Waals surface area (Å²) in [6.45, 7) is 7.29. The number of amides is 2. The third-order valence-electron chi connectivity index (χ3n) is 5.24. The Labute approximate surface area is 179 Å². The molecule has 9 heteroatoms. The standard InChI is InChI=1S/C20H25N5O2S2/c1-15-13-16-18(27)25(17(26)14-28-19(16)29-15)8-3-2-7-23-9-11-24(12-10-23)20-21-5-4-6-22-20/h4-6,13H,2-3,7-12,14H2,1H3. The molecule has 4 rings (SSSR count). The fraction of sp³-hybridized carbons (Fsp3) is 0.500. The van der Waals surface area contributed by atoms with Crippen LogP contribution in [0.1, 0.15) is 28.1 Å². The predicted molar refractivity (Wildman–Crippen MR) is 116 cm³/mol. The number of rotatable bonds is 6. The van der Waals surface area contributed by atoms with Gasteiger partial charge in [-0.05, 0) is 38.4 Å². The fourth-order valence-electron chi connectivity index (χ4n) is 3.67. The van der Waals surface area contributed by atoms with Crippen molar-refractivity contribution in [1.82, 2.24) is 19.8 Å². The zero-order valence-corrected chi connectivity index (χ0v) is 18.2. The molecule has 0 aliphatic carbocycles. The van der Waals surface area contributed by atoms with Gasteiger partial charge >= 0.3 is 0 Å². The lowest BCUT2D eigenvalue weighted by atomic mass is 10.2. The van der Waals surface area contributed by atoms with Gasteiger partial charge in [0.2, 0.25) is 11.9 Å². The first kappa shape index (κ1) is 20.3. The third-order valence-corrected chi connectivity index (χ3v) is 7.56. The lowest BCUT2D eigenvalue weighted by molar-refractivity contribution is -0.125. The van der Waals surface area contributed by atoms with Crippen LogP contribution in [0.4, 0.5) is 5.95 Å². The molecule has 0 spiro atoms. The van der Waals surface area contributed by atoms with E-state index in [0.29, 0.717) is 17.9 Å². The first-order valence-corrected chi connectivity index (χ1v) is 11.7. The van der Waals surface area contributed by atoms with E-state index < -0.39 is 0 Å². The smallest absolute Gasteiger partial charge is 0.262 e. The maximum absolute atomic E-state index is 12.8. The maximum atomic E-state index is 12.8. The molecule has 154 valence electrons. The minimum Gasteiger partial charge on any atom is -0.338 e. The predicted octanol–water partition coefficient (Wildman–Crippen LogP) is 2.52. The highest BCUT2D eigenvalue weighted by molar-refractivity contribution is 8.01. The molecule has 2 amide bonds. The number of piperazine rings is 1. The molecule has 4 heterocycles. The maximum Gasteiger partial charge on any atom is 0.262 e. The summed E-state index contributed by atoms with van der Waals surface area (Å²) in [5.74, 6) is 0.946. The lowest BCUT2D eigenvalue weighted by Crippen LogP contribution is -2.47. The molecule has 0 bridgehead atoms. The molecule has 0 saturated carbocycles. The van der Waals surface area contributed by atoms with E-state index >= 15 is 0 Å². The minimum atomic E-state index is -0.129. The van der Waals surface area contributed by atoms with Crippen LogP contribution in [0.25, 0.3) is 0 Å². The highest BCUT2D eigenvalue weighted by atomic mass is 32.2. The number of fused-ring (bicyclic) bond motifs is 1. The molecule has 7 nitrogen and oxygen atoms in total. The second kappa shape index (κ2) is 9.23. The van der Waals surface area contributed by atoms with Crippen LogP contribution in [0, 0.1) is 6.92 Å². The molecule has 2 aromatic rings. The lowest BCUT2D eigenvalue weighted by Gasteiger charge is -2.34. The van der Waals surface area contributed by atoms with E-state index in [-0.39, 0.29) is 11.8 Å². The largest absolute Gasteiger partial charge is 0.338 e. The molecule has 0 atom stereocenters. The molecule has 1 fully saturated rings. The van der Waals surface area contributed by atoms with E-state index in [9.17, 15) is 9.59 Å². The quantitative estimate of drug-likeness (QED) is 0.514. The van der Waals surface area contributed by atoms with Crippen molar-refractivity contribution < 1.29 is 9.59 Å². The van der Waals surface area contributed by atoms with Gasteiger partial charge in [-0.3, -0.25) is 19.4 Å². The number of hydrogen-bond donors (Lipinski definition) is 0. The van der Waals surface area contributed by atoms with Crippen LogP contribution in [0.15, 0.2) is 28.7 Å². The Balaban J connectivity index is 1.22. The normalized spacial score (nSPS) is 18.1. The van der Waals surface area contributed by atoms with Gasteiger partial charge in [0.05, 0.1) is 15.5 Å². The van der Waals surface area contributed by atoms with Gasteiger partial charge in [0, 0.05) is 50.0 Å². The van der Waals surface area contributed by atoms with Crippen LogP contribution in [-0.4, -0.2) is 76.6 Å². The average Bonchev–Trinajstić information content (AvgIpc) is 3.09. The van der Waals surface area contributed by atoms with E-state index in [1.807, 2.05) is 19.1 Å². The van der Waals surface area contributed by atoms with E-state index in [2.05, 4.69) is 19.8 Å². The summed E-state index contributed by atoms with van der Waals surface area (Å²) >= 11 is 3.09. The molecule has 0 N–H and O–H groups in total. The van der Waals surface area contributed by atoms with E-state index in [4.69, 9.17) is 0 Å². The van der Waals surface area contributed by atoms with Crippen molar-refractivity contribution in [2.45, 2.75) is 24.0 Å². The Hall–Kier alpha value is -1.97. The molecule has 2 aliphatic heterocycles. The average molecular weight is 432 g/mol. The van der Waals surface area contributed by atoms with Crippen LogP contribution < -0.4 is 4.90 Å². The number of thiophene rings is 1. The van der Waals surface area contributed by atoms with Crippen molar-refractivity contribution in [3.05, 3.63) is 35.0 Å². The van der Waals surface area contributed by atoms with Crippen molar-refractivity contribution >= 4 is 40.9 Å². The van der Waals surface area contributed by atoms with Gasteiger partial charge in [-0.15, -0.1) is 23.1 Å². The van der Waals surface area contributed by atoms with E-state index in [1.54, 1.807) is 23.7 Å². The summed E-state index contributed by atoms with van der Waals surface area (Å²) < 4.78 is 0.976. The number of thioether (sulfide) groups is 1. The van der Waals surface area contributed by atoms with Crippen LogP contribution in [0.5, 0.6) is 0 Å². The molecular weight excluding hydrogens is 406 g/mol. The number of aromatic nitrogens is 2. The number of unbranched alkanes of at least 4 members (excludes halogenated alkanes) is 1. The van der Waals surface area contributed by atoms with Crippen LogP contribution in [0.3, 0.4) is 0 Å².